The van der Waals surface area contributed by atoms with Crippen LogP contribution in [-0.2, 0) is 22.7 Å². The highest BCUT2D eigenvalue weighted by atomic mass is 16.5. The SMILES string of the molecule is COc1cc(C=CC(=O)OCc2ccccc2)ccc1OCc1ccccc1. The lowest BCUT2D eigenvalue weighted by Crippen LogP contribution is -2.00. The van der Waals surface area contributed by atoms with E-state index in [0.29, 0.717) is 18.1 Å². The van der Waals surface area contributed by atoms with Gasteiger partial charge >= 0.3 is 5.97 Å². The summed E-state index contributed by atoms with van der Waals surface area (Å²) in [5.74, 6) is 0.859. The molecule has 0 heterocycles. The molecule has 0 atom stereocenters. The number of methoxy groups -OCH3 is 1. The summed E-state index contributed by atoms with van der Waals surface area (Å²) in [6.45, 7) is 0.706. The zero-order chi connectivity index (χ0) is 19.6. The molecule has 3 aromatic rings. The highest BCUT2D eigenvalue weighted by Gasteiger charge is 2.06. The van der Waals surface area contributed by atoms with Crippen LogP contribution in [-0.4, -0.2) is 13.1 Å². The zero-order valence-electron chi connectivity index (χ0n) is 15.7. The van der Waals surface area contributed by atoms with Crippen molar-refractivity contribution in [1.82, 2.24) is 0 Å². The number of hydrogen-bond acceptors (Lipinski definition) is 4. The first-order valence-corrected chi connectivity index (χ1v) is 8.98. The van der Waals surface area contributed by atoms with Gasteiger partial charge in [-0.15, -0.1) is 0 Å². The zero-order valence-corrected chi connectivity index (χ0v) is 15.7. The van der Waals surface area contributed by atoms with Crippen LogP contribution in [0.5, 0.6) is 11.5 Å². The Morgan fingerprint density at radius 1 is 0.821 bits per heavy atom. The molecular formula is C24H22O4. The first kappa shape index (κ1) is 19.2. The van der Waals surface area contributed by atoms with Crippen LogP contribution in [0.15, 0.2) is 84.9 Å². The van der Waals surface area contributed by atoms with Crippen molar-refractivity contribution >= 4 is 12.0 Å². The topological polar surface area (TPSA) is 44.8 Å². The summed E-state index contributed by atoms with van der Waals surface area (Å²) in [6, 6.07) is 25.0. The third-order valence-electron chi connectivity index (χ3n) is 4.06. The van der Waals surface area contributed by atoms with Gasteiger partial charge in [0.05, 0.1) is 7.11 Å². The molecule has 0 saturated heterocycles. The normalized spacial score (nSPS) is 10.6. The van der Waals surface area contributed by atoms with Gasteiger partial charge in [-0.1, -0.05) is 66.7 Å². The van der Waals surface area contributed by atoms with Crippen molar-refractivity contribution in [2.75, 3.05) is 7.11 Å². The molecular weight excluding hydrogens is 352 g/mol. The summed E-state index contributed by atoms with van der Waals surface area (Å²) in [5, 5.41) is 0. The van der Waals surface area contributed by atoms with Crippen molar-refractivity contribution < 1.29 is 19.0 Å². The van der Waals surface area contributed by atoms with Crippen LogP contribution < -0.4 is 9.47 Å². The van der Waals surface area contributed by atoms with Gasteiger partial charge in [0, 0.05) is 6.08 Å². The third-order valence-corrected chi connectivity index (χ3v) is 4.06. The third kappa shape index (κ3) is 5.74. The first-order chi connectivity index (χ1) is 13.7. The van der Waals surface area contributed by atoms with Crippen molar-refractivity contribution in [3.63, 3.8) is 0 Å². The minimum absolute atomic E-state index is 0.250. The summed E-state index contributed by atoms with van der Waals surface area (Å²) in [5.41, 5.74) is 2.85. The van der Waals surface area contributed by atoms with Gasteiger partial charge in [0.1, 0.15) is 13.2 Å². The van der Waals surface area contributed by atoms with Gasteiger partial charge in [-0.2, -0.15) is 0 Å². The Bertz CT molecular complexity index is 918. The fourth-order valence-corrected chi connectivity index (χ4v) is 2.58. The van der Waals surface area contributed by atoms with Gasteiger partial charge < -0.3 is 14.2 Å². The average molecular weight is 374 g/mol. The molecule has 142 valence electrons. The predicted molar refractivity (Wildman–Crippen MR) is 109 cm³/mol. The van der Waals surface area contributed by atoms with Gasteiger partial charge in [-0.05, 0) is 34.9 Å². The summed E-state index contributed by atoms with van der Waals surface area (Å²) in [7, 11) is 1.59. The maximum Gasteiger partial charge on any atom is 0.331 e. The van der Waals surface area contributed by atoms with Crippen LogP contribution in [0.4, 0.5) is 0 Å². The second kappa shape index (κ2) is 9.97. The van der Waals surface area contributed by atoms with Crippen LogP contribution in [0, 0.1) is 0 Å². The van der Waals surface area contributed by atoms with Crippen LogP contribution >= 0.6 is 0 Å². The molecule has 0 saturated carbocycles. The van der Waals surface area contributed by atoms with Crippen LogP contribution in [0.1, 0.15) is 16.7 Å². The molecule has 4 nitrogen and oxygen atoms in total. The van der Waals surface area contributed by atoms with E-state index < -0.39 is 5.97 Å². The smallest absolute Gasteiger partial charge is 0.331 e. The van der Waals surface area contributed by atoms with Gasteiger partial charge in [-0.3, -0.25) is 0 Å². The lowest BCUT2D eigenvalue weighted by Gasteiger charge is -2.11. The second-order valence-corrected chi connectivity index (χ2v) is 6.11. The molecule has 0 aromatic heterocycles. The van der Waals surface area contributed by atoms with E-state index in [-0.39, 0.29) is 6.61 Å². The molecule has 4 heteroatoms. The summed E-state index contributed by atoms with van der Waals surface area (Å²) in [4.78, 5) is 11.9. The molecule has 0 unspecified atom stereocenters. The highest BCUT2D eigenvalue weighted by Crippen LogP contribution is 2.29. The van der Waals surface area contributed by atoms with E-state index in [4.69, 9.17) is 14.2 Å². The Hall–Kier alpha value is -3.53. The van der Waals surface area contributed by atoms with Gasteiger partial charge in [0.25, 0.3) is 0 Å². The fraction of sp³-hybridized carbons (Fsp3) is 0.125. The number of ether oxygens (including phenoxy) is 3. The van der Waals surface area contributed by atoms with Crippen molar-refractivity contribution in [1.29, 1.82) is 0 Å². The van der Waals surface area contributed by atoms with Crippen molar-refractivity contribution in [2.45, 2.75) is 13.2 Å². The van der Waals surface area contributed by atoms with Gasteiger partial charge in [-0.25, -0.2) is 4.79 Å². The summed E-state index contributed by atoms with van der Waals surface area (Å²) in [6.07, 6.45) is 3.10. The lowest BCUT2D eigenvalue weighted by atomic mass is 10.2. The molecule has 0 N–H and O–H groups in total. The van der Waals surface area contributed by atoms with E-state index >= 15 is 0 Å². The highest BCUT2D eigenvalue weighted by molar-refractivity contribution is 5.87. The molecule has 0 bridgehead atoms. The average Bonchev–Trinajstić information content (AvgIpc) is 2.76. The van der Waals surface area contributed by atoms with E-state index in [9.17, 15) is 4.79 Å². The number of carbonyl (C=O) groups excluding carboxylic acids is 1. The largest absolute Gasteiger partial charge is 0.493 e. The van der Waals surface area contributed by atoms with Crippen LogP contribution in [0.3, 0.4) is 0 Å². The van der Waals surface area contributed by atoms with Crippen molar-refractivity contribution in [3.05, 3.63) is 102 Å². The Balaban J connectivity index is 1.58. The Morgan fingerprint density at radius 2 is 1.46 bits per heavy atom. The molecule has 0 amide bonds. The van der Waals surface area contributed by atoms with Gasteiger partial charge in [0.15, 0.2) is 11.5 Å². The summed E-state index contributed by atoms with van der Waals surface area (Å²) < 4.78 is 16.5. The van der Waals surface area contributed by atoms with E-state index in [2.05, 4.69) is 0 Å². The molecule has 0 spiro atoms. The number of carbonyl (C=O) groups is 1. The maximum atomic E-state index is 11.9. The minimum Gasteiger partial charge on any atom is -0.493 e. The lowest BCUT2D eigenvalue weighted by molar-refractivity contribution is -0.138. The van der Waals surface area contributed by atoms with Gasteiger partial charge in [0.2, 0.25) is 0 Å². The molecule has 0 aliphatic heterocycles. The standard InChI is InChI=1S/C24H22O4/c1-26-23-16-19(12-14-22(23)27-17-20-8-4-2-5-9-20)13-15-24(25)28-18-21-10-6-3-7-11-21/h2-16H,17-18H2,1H3. The Labute approximate surface area is 165 Å². The van der Waals surface area contributed by atoms with E-state index in [1.54, 1.807) is 13.2 Å². The summed E-state index contributed by atoms with van der Waals surface area (Å²) >= 11 is 0. The second-order valence-electron chi connectivity index (χ2n) is 6.11. The molecule has 28 heavy (non-hydrogen) atoms. The monoisotopic (exact) mass is 374 g/mol. The Morgan fingerprint density at radius 3 is 2.11 bits per heavy atom. The molecule has 3 rings (SSSR count). The minimum atomic E-state index is -0.396. The molecule has 0 fully saturated rings. The van der Waals surface area contributed by atoms with E-state index in [0.717, 1.165) is 16.7 Å². The fourth-order valence-electron chi connectivity index (χ4n) is 2.58. The predicted octanol–water partition coefficient (Wildman–Crippen LogP) is 5.03. The van der Waals surface area contributed by atoms with Crippen molar-refractivity contribution in [2.24, 2.45) is 0 Å². The van der Waals surface area contributed by atoms with E-state index in [1.807, 2.05) is 78.9 Å². The molecule has 3 aromatic carbocycles. The quantitative estimate of drug-likeness (QED) is 0.410. The molecule has 0 aliphatic carbocycles. The number of rotatable bonds is 8. The van der Waals surface area contributed by atoms with E-state index in [1.165, 1.54) is 6.08 Å². The van der Waals surface area contributed by atoms with Crippen molar-refractivity contribution in [3.8, 4) is 11.5 Å². The molecule has 0 aliphatic rings. The molecule has 0 radical (unpaired) electrons. The number of hydrogen-bond donors (Lipinski definition) is 0. The van der Waals surface area contributed by atoms with Crippen LogP contribution in [0.25, 0.3) is 6.08 Å². The number of benzene rings is 3. The van der Waals surface area contributed by atoms with Crippen LogP contribution in [0.2, 0.25) is 0 Å². The maximum absolute atomic E-state index is 11.9. The Kier molecular flexibility index (Phi) is 6.85. The first-order valence-electron chi connectivity index (χ1n) is 8.98. The number of esters is 1.